The van der Waals surface area contributed by atoms with Gasteiger partial charge < -0.3 is 0 Å². The van der Waals surface area contributed by atoms with Crippen molar-refractivity contribution < 1.29 is 188 Å². The van der Waals surface area contributed by atoms with E-state index < -0.39 is 0 Å². The number of hydrogen-bond acceptors (Lipinski definition) is 0. The molecule has 121 valence electrons. The Labute approximate surface area is 184 Å². The average Bonchev–Trinajstić information content (AvgIpc) is 0. The number of hydrogen-bond donors (Lipinski definition) is 0. The Hall–Kier alpha value is 5.71. The van der Waals surface area contributed by atoms with Gasteiger partial charge in [0, 0.05) is 188 Å². The van der Waals surface area contributed by atoms with Crippen LogP contribution in [0.1, 0.15) is 0 Å². The molecule has 0 aromatic carbocycles. The molecule has 0 fully saturated rings. The number of rotatable bonds is 0. The van der Waals surface area contributed by atoms with Crippen molar-refractivity contribution in [1.82, 2.24) is 0 Å². The summed E-state index contributed by atoms with van der Waals surface area (Å²) in [6, 6.07) is 0. The Kier molecular flexibility index (Phi) is 1200. The summed E-state index contributed by atoms with van der Waals surface area (Å²) in [6.07, 6.45) is 0. The zero-order valence-electron chi connectivity index (χ0n) is 3.32. The molecule has 0 rings (SSSR count). The second kappa shape index (κ2) is 104. The first-order valence-corrected chi connectivity index (χ1v) is 0. The first-order valence-electron chi connectivity index (χ1n) is 0. The van der Waals surface area contributed by atoms with Crippen molar-refractivity contribution in [2.75, 3.05) is 0 Å². The van der Waals surface area contributed by atoms with E-state index >= 15 is 0 Å². The van der Waals surface area contributed by atoms with Crippen molar-refractivity contribution >= 4 is 0 Å². The molecule has 0 nitrogen and oxygen atoms in total. The van der Waals surface area contributed by atoms with Crippen molar-refractivity contribution in [2.24, 2.45) is 0 Å². The SMILES string of the molecule is [Cu].[Cu].[Cu].[Cu].[Cu].[Cu].[Cu].[Cu].[Cu].[Cu].[Cu]. The normalized spacial score (nSPS) is 0. The zero-order valence-corrected chi connectivity index (χ0v) is 13.7. The molecule has 0 aliphatic rings. The molecule has 0 heterocycles. The molecule has 0 aromatic heterocycles. The van der Waals surface area contributed by atoms with Crippen molar-refractivity contribution in [1.29, 1.82) is 0 Å². The molecule has 0 amide bonds. The molecule has 0 aliphatic carbocycles. The summed E-state index contributed by atoms with van der Waals surface area (Å²) in [6.45, 7) is 0. The van der Waals surface area contributed by atoms with Crippen molar-refractivity contribution in [3.63, 3.8) is 0 Å². The van der Waals surface area contributed by atoms with E-state index in [9.17, 15) is 0 Å². The molecule has 0 aliphatic heterocycles. The summed E-state index contributed by atoms with van der Waals surface area (Å²) in [4.78, 5) is 0. The second-order valence-electron chi connectivity index (χ2n) is 0. The van der Waals surface area contributed by atoms with Gasteiger partial charge in [0.2, 0.25) is 0 Å². The third-order valence-electron chi connectivity index (χ3n) is 0. The van der Waals surface area contributed by atoms with Crippen LogP contribution in [0.3, 0.4) is 0 Å². The van der Waals surface area contributed by atoms with E-state index in [4.69, 9.17) is 0 Å². The average molecular weight is 699 g/mol. The minimum absolute atomic E-state index is 0. The van der Waals surface area contributed by atoms with Crippen LogP contribution < -0.4 is 0 Å². The predicted octanol–water partition coefficient (Wildman–Crippen LogP) is -0.0275. The van der Waals surface area contributed by atoms with E-state index in [-0.39, 0.29) is 188 Å². The summed E-state index contributed by atoms with van der Waals surface area (Å²) in [5.41, 5.74) is 0. The Morgan fingerprint density at radius 2 is 0.0909 bits per heavy atom. The third-order valence-corrected chi connectivity index (χ3v) is 0. The van der Waals surface area contributed by atoms with Crippen molar-refractivity contribution in [2.45, 2.75) is 0 Å². The fourth-order valence-corrected chi connectivity index (χ4v) is 0. The minimum atomic E-state index is 0. The summed E-state index contributed by atoms with van der Waals surface area (Å²) in [5, 5.41) is 0. The largest absolute Gasteiger partial charge is 0 e. The second-order valence-corrected chi connectivity index (χ2v) is 0. The van der Waals surface area contributed by atoms with Crippen LogP contribution in [0.4, 0.5) is 0 Å². The topological polar surface area (TPSA) is 0 Å². The Morgan fingerprint density at radius 3 is 0.0909 bits per heavy atom. The Balaban J connectivity index is 0. The quantitative estimate of drug-likeness (QED) is 0.313. The van der Waals surface area contributed by atoms with E-state index in [1.165, 1.54) is 0 Å². The predicted molar refractivity (Wildman–Crippen MR) is 0 cm³/mol. The van der Waals surface area contributed by atoms with Gasteiger partial charge in [0.05, 0.1) is 0 Å². The standard InChI is InChI=1S/11Cu. The van der Waals surface area contributed by atoms with Gasteiger partial charge in [-0.3, -0.25) is 0 Å². The monoisotopic (exact) mass is 692 g/mol. The summed E-state index contributed by atoms with van der Waals surface area (Å²) < 4.78 is 0. The van der Waals surface area contributed by atoms with Gasteiger partial charge in [-0.15, -0.1) is 0 Å². The molecule has 0 spiro atoms. The molecule has 0 N–H and O–H groups in total. The van der Waals surface area contributed by atoms with Crippen LogP contribution in [0, 0.1) is 0 Å². The van der Waals surface area contributed by atoms with Crippen LogP contribution in [0.5, 0.6) is 0 Å². The van der Waals surface area contributed by atoms with Crippen LogP contribution in [-0.4, -0.2) is 0 Å². The maximum absolute atomic E-state index is 0. The van der Waals surface area contributed by atoms with Gasteiger partial charge in [-0.05, 0) is 0 Å². The van der Waals surface area contributed by atoms with E-state index in [1.807, 2.05) is 0 Å². The zero-order chi connectivity index (χ0) is 0. The van der Waals surface area contributed by atoms with Crippen molar-refractivity contribution in [3.05, 3.63) is 0 Å². The van der Waals surface area contributed by atoms with Gasteiger partial charge in [-0.2, -0.15) is 0 Å². The van der Waals surface area contributed by atoms with E-state index in [0.717, 1.165) is 0 Å². The summed E-state index contributed by atoms with van der Waals surface area (Å²) in [5.74, 6) is 0. The molecule has 0 saturated carbocycles. The molecule has 0 atom stereocenters. The molecule has 11 heteroatoms. The van der Waals surface area contributed by atoms with Crippen LogP contribution in [0.25, 0.3) is 0 Å². The molecular weight excluding hydrogens is 699 g/mol. The van der Waals surface area contributed by atoms with E-state index in [2.05, 4.69) is 0 Å². The molecule has 11 heavy (non-hydrogen) atoms. The van der Waals surface area contributed by atoms with Crippen LogP contribution >= 0.6 is 0 Å². The molecule has 11 radical (unpaired) electrons. The minimum Gasteiger partial charge on any atom is 0 e. The van der Waals surface area contributed by atoms with E-state index in [0.29, 0.717) is 0 Å². The van der Waals surface area contributed by atoms with Crippen LogP contribution in [-0.2, 0) is 188 Å². The van der Waals surface area contributed by atoms with Crippen LogP contribution in [0.15, 0.2) is 0 Å². The van der Waals surface area contributed by atoms with Gasteiger partial charge >= 0.3 is 0 Å². The van der Waals surface area contributed by atoms with Crippen LogP contribution in [0.2, 0.25) is 0 Å². The maximum Gasteiger partial charge on any atom is 0 e. The summed E-state index contributed by atoms with van der Waals surface area (Å²) in [7, 11) is 0. The third kappa shape index (κ3) is 90.5. The molecule has 0 saturated heterocycles. The fourth-order valence-electron chi connectivity index (χ4n) is 0. The molecular formula is Cu11. The van der Waals surface area contributed by atoms with Gasteiger partial charge in [-0.1, -0.05) is 0 Å². The smallest absolute Gasteiger partial charge is 0 e. The maximum atomic E-state index is 0. The van der Waals surface area contributed by atoms with Gasteiger partial charge in [0.15, 0.2) is 0 Å². The fraction of sp³-hybridized carbons (Fsp3) is 0. The van der Waals surface area contributed by atoms with E-state index in [1.54, 1.807) is 0 Å². The summed E-state index contributed by atoms with van der Waals surface area (Å²) >= 11 is 0. The molecule has 0 bridgehead atoms. The van der Waals surface area contributed by atoms with Gasteiger partial charge in [0.25, 0.3) is 0 Å². The van der Waals surface area contributed by atoms with Gasteiger partial charge in [-0.25, -0.2) is 0 Å². The van der Waals surface area contributed by atoms with Gasteiger partial charge in [0.1, 0.15) is 0 Å². The Bertz CT molecular complexity index is 0. The molecule has 0 unspecified atom stereocenters. The molecule has 0 aromatic rings. The van der Waals surface area contributed by atoms with Crippen molar-refractivity contribution in [3.8, 4) is 0 Å². The Morgan fingerprint density at radius 1 is 0.0909 bits per heavy atom. The first-order chi connectivity index (χ1) is 0. The first kappa shape index (κ1) is 126.